The van der Waals surface area contributed by atoms with Crippen LogP contribution >= 0.6 is 0 Å². The van der Waals surface area contributed by atoms with Crippen LogP contribution in [0.15, 0.2) is 12.2 Å². The number of ether oxygens (including phenoxy) is 3. The Morgan fingerprint density at radius 3 is 2.16 bits per heavy atom. The molecule has 0 saturated carbocycles. The van der Waals surface area contributed by atoms with E-state index in [0.29, 0.717) is 0 Å². The largest absolute Gasteiger partial charge is 0.466 e. The first kappa shape index (κ1) is 20.7. The lowest BCUT2D eigenvalue weighted by atomic mass is 10.1. The Labute approximate surface area is 147 Å². The molecule has 2 atom stereocenters. The SMILES string of the molecule is COC(=O)/C=C/C(=O)O[C@@H]1C[C@@H](C(=O)OC(C)C)N(C(=O)C(C)C)C1. The van der Waals surface area contributed by atoms with Crippen molar-refractivity contribution in [2.24, 2.45) is 5.92 Å². The first-order valence-corrected chi connectivity index (χ1v) is 8.13. The summed E-state index contributed by atoms with van der Waals surface area (Å²) >= 11 is 0. The summed E-state index contributed by atoms with van der Waals surface area (Å²) in [5.41, 5.74) is 0. The van der Waals surface area contributed by atoms with Gasteiger partial charge in [-0.2, -0.15) is 0 Å². The van der Waals surface area contributed by atoms with Crippen molar-refractivity contribution in [3.05, 3.63) is 12.2 Å². The van der Waals surface area contributed by atoms with Gasteiger partial charge in [0.1, 0.15) is 12.1 Å². The summed E-state index contributed by atoms with van der Waals surface area (Å²) in [5, 5.41) is 0. The van der Waals surface area contributed by atoms with Gasteiger partial charge in [-0.3, -0.25) is 4.79 Å². The second kappa shape index (κ2) is 9.19. The molecule has 140 valence electrons. The van der Waals surface area contributed by atoms with Gasteiger partial charge in [-0.15, -0.1) is 0 Å². The van der Waals surface area contributed by atoms with Gasteiger partial charge in [0.15, 0.2) is 0 Å². The van der Waals surface area contributed by atoms with Crippen LogP contribution in [0.5, 0.6) is 0 Å². The van der Waals surface area contributed by atoms with E-state index in [0.717, 1.165) is 12.2 Å². The van der Waals surface area contributed by atoms with Crippen molar-refractivity contribution < 1.29 is 33.4 Å². The second-order valence-corrected chi connectivity index (χ2v) is 6.30. The average Bonchev–Trinajstić information content (AvgIpc) is 2.94. The first-order chi connectivity index (χ1) is 11.6. The van der Waals surface area contributed by atoms with Crippen molar-refractivity contribution in [3.63, 3.8) is 0 Å². The molecular weight excluding hydrogens is 330 g/mol. The highest BCUT2D eigenvalue weighted by Crippen LogP contribution is 2.24. The molecule has 0 N–H and O–H groups in total. The van der Waals surface area contributed by atoms with Gasteiger partial charge in [0.25, 0.3) is 0 Å². The summed E-state index contributed by atoms with van der Waals surface area (Å²) in [4.78, 5) is 48.7. The lowest BCUT2D eigenvalue weighted by molar-refractivity contribution is -0.157. The maximum Gasteiger partial charge on any atom is 0.331 e. The molecule has 1 aliphatic heterocycles. The summed E-state index contributed by atoms with van der Waals surface area (Å²) in [6, 6.07) is -0.792. The van der Waals surface area contributed by atoms with Crippen LogP contribution in [-0.2, 0) is 33.4 Å². The lowest BCUT2D eigenvalue weighted by Crippen LogP contribution is -2.44. The molecule has 0 aliphatic carbocycles. The third-order valence-corrected chi connectivity index (χ3v) is 3.50. The van der Waals surface area contributed by atoms with Gasteiger partial charge in [0.05, 0.1) is 19.8 Å². The van der Waals surface area contributed by atoms with Gasteiger partial charge < -0.3 is 19.1 Å². The van der Waals surface area contributed by atoms with Crippen LogP contribution in [0.1, 0.15) is 34.1 Å². The maximum atomic E-state index is 12.3. The topological polar surface area (TPSA) is 99.2 Å². The molecule has 0 unspecified atom stereocenters. The number of methoxy groups -OCH3 is 1. The number of hydrogen-bond acceptors (Lipinski definition) is 7. The van der Waals surface area contributed by atoms with Crippen molar-refractivity contribution >= 4 is 23.8 Å². The van der Waals surface area contributed by atoms with Crippen molar-refractivity contribution in [2.45, 2.75) is 52.4 Å². The zero-order chi connectivity index (χ0) is 19.1. The average molecular weight is 355 g/mol. The monoisotopic (exact) mass is 355 g/mol. The highest BCUT2D eigenvalue weighted by Gasteiger charge is 2.42. The van der Waals surface area contributed by atoms with Crippen LogP contribution in [0.25, 0.3) is 0 Å². The van der Waals surface area contributed by atoms with Crippen LogP contribution < -0.4 is 0 Å². The van der Waals surface area contributed by atoms with E-state index in [-0.39, 0.29) is 30.9 Å². The standard InChI is InChI=1S/C17H25NO7/c1-10(2)16(21)18-9-12(8-13(18)17(22)24-11(3)4)25-15(20)7-6-14(19)23-5/h6-7,10-13H,8-9H2,1-5H3/b7-6+/t12-,13+/m1/s1. The summed E-state index contributed by atoms with van der Waals surface area (Å²) in [6.45, 7) is 7.00. The van der Waals surface area contributed by atoms with Crippen molar-refractivity contribution in [2.75, 3.05) is 13.7 Å². The summed E-state index contributed by atoms with van der Waals surface area (Å²) < 4.78 is 14.8. The molecule has 8 nitrogen and oxygen atoms in total. The number of hydrogen-bond donors (Lipinski definition) is 0. The van der Waals surface area contributed by atoms with Gasteiger partial charge in [0.2, 0.25) is 5.91 Å². The number of likely N-dealkylation sites (tertiary alicyclic amines) is 1. The van der Waals surface area contributed by atoms with E-state index in [1.807, 2.05) is 0 Å². The Kier molecular flexibility index (Phi) is 7.60. The van der Waals surface area contributed by atoms with Crippen LogP contribution in [0, 0.1) is 5.92 Å². The summed E-state index contributed by atoms with van der Waals surface area (Å²) in [6.07, 6.45) is 1.08. The van der Waals surface area contributed by atoms with E-state index < -0.39 is 30.1 Å². The molecule has 1 heterocycles. The van der Waals surface area contributed by atoms with E-state index in [2.05, 4.69) is 4.74 Å². The quantitative estimate of drug-likeness (QED) is 0.395. The number of carbonyl (C=O) groups is 4. The molecule has 8 heteroatoms. The molecule has 1 rings (SSSR count). The normalized spacial score (nSPS) is 20.2. The second-order valence-electron chi connectivity index (χ2n) is 6.30. The van der Waals surface area contributed by atoms with Crippen LogP contribution in [0.4, 0.5) is 0 Å². The number of amides is 1. The fourth-order valence-corrected chi connectivity index (χ4v) is 2.40. The zero-order valence-corrected chi connectivity index (χ0v) is 15.2. The maximum absolute atomic E-state index is 12.3. The van der Waals surface area contributed by atoms with Crippen molar-refractivity contribution in [1.82, 2.24) is 4.90 Å². The third kappa shape index (κ3) is 6.21. The summed E-state index contributed by atoms with van der Waals surface area (Å²) in [5.74, 6) is -2.46. The van der Waals surface area contributed by atoms with Crippen LogP contribution in [0.3, 0.4) is 0 Å². The highest BCUT2D eigenvalue weighted by molar-refractivity contribution is 5.92. The highest BCUT2D eigenvalue weighted by atomic mass is 16.6. The number of rotatable bonds is 6. The fraction of sp³-hybridized carbons (Fsp3) is 0.647. The molecule has 0 aromatic rings. The predicted octanol–water partition coefficient (Wildman–Crippen LogP) is 0.836. The molecule has 0 spiro atoms. The molecule has 1 fully saturated rings. The molecule has 1 aliphatic rings. The van der Waals surface area contributed by atoms with E-state index in [1.165, 1.54) is 12.0 Å². The fourth-order valence-electron chi connectivity index (χ4n) is 2.40. The Balaban J connectivity index is 2.80. The minimum atomic E-state index is -0.792. The third-order valence-electron chi connectivity index (χ3n) is 3.50. The Morgan fingerprint density at radius 2 is 1.64 bits per heavy atom. The van der Waals surface area contributed by atoms with Gasteiger partial charge in [-0.05, 0) is 13.8 Å². The minimum Gasteiger partial charge on any atom is -0.466 e. The molecule has 0 radical (unpaired) electrons. The molecular formula is C17H25NO7. The van der Waals surface area contributed by atoms with Gasteiger partial charge in [-0.1, -0.05) is 13.8 Å². The van der Waals surface area contributed by atoms with Crippen LogP contribution in [-0.4, -0.2) is 60.6 Å². The van der Waals surface area contributed by atoms with E-state index >= 15 is 0 Å². The van der Waals surface area contributed by atoms with Gasteiger partial charge >= 0.3 is 17.9 Å². The van der Waals surface area contributed by atoms with E-state index in [1.54, 1.807) is 27.7 Å². The smallest absolute Gasteiger partial charge is 0.331 e. The van der Waals surface area contributed by atoms with Gasteiger partial charge in [0, 0.05) is 24.5 Å². The minimum absolute atomic E-state index is 0.104. The molecule has 1 saturated heterocycles. The first-order valence-electron chi connectivity index (χ1n) is 8.13. The van der Waals surface area contributed by atoms with Crippen LogP contribution in [0.2, 0.25) is 0 Å². The van der Waals surface area contributed by atoms with Crippen molar-refractivity contribution in [1.29, 1.82) is 0 Å². The van der Waals surface area contributed by atoms with E-state index in [9.17, 15) is 19.2 Å². The lowest BCUT2D eigenvalue weighted by Gasteiger charge is -2.25. The molecule has 25 heavy (non-hydrogen) atoms. The summed E-state index contributed by atoms with van der Waals surface area (Å²) in [7, 11) is 1.19. The number of esters is 3. The zero-order valence-electron chi connectivity index (χ0n) is 15.2. The molecule has 0 aromatic carbocycles. The Morgan fingerprint density at radius 1 is 1.04 bits per heavy atom. The van der Waals surface area contributed by atoms with Crippen molar-refractivity contribution in [3.8, 4) is 0 Å². The van der Waals surface area contributed by atoms with E-state index in [4.69, 9.17) is 9.47 Å². The molecule has 0 aromatic heterocycles. The van der Waals surface area contributed by atoms with Gasteiger partial charge in [-0.25, -0.2) is 14.4 Å². The number of nitrogens with zero attached hydrogens (tertiary/aromatic N) is 1. The Hall–Kier alpha value is -2.38. The molecule has 0 bridgehead atoms. The predicted molar refractivity (Wildman–Crippen MR) is 87.2 cm³/mol. The molecule has 1 amide bonds. The number of carbonyl (C=O) groups excluding carboxylic acids is 4. The Bertz CT molecular complexity index is 553.